The van der Waals surface area contributed by atoms with Gasteiger partial charge >= 0.3 is 0 Å². The van der Waals surface area contributed by atoms with Crippen LogP contribution in [-0.4, -0.2) is 33.5 Å². The summed E-state index contributed by atoms with van der Waals surface area (Å²) in [5, 5.41) is 4.10. The lowest BCUT2D eigenvalue weighted by Crippen LogP contribution is -2.20. The smallest absolute Gasteiger partial charge is 0.297 e. The third-order valence-electron chi connectivity index (χ3n) is 3.74. The van der Waals surface area contributed by atoms with Gasteiger partial charge in [-0.3, -0.25) is 9.48 Å². The highest BCUT2D eigenvalue weighted by molar-refractivity contribution is 7.16. The topological polar surface area (TPSA) is 61.4 Å². The van der Waals surface area contributed by atoms with Crippen molar-refractivity contribution in [1.82, 2.24) is 14.3 Å². The summed E-state index contributed by atoms with van der Waals surface area (Å²) < 4.78 is 23.2. The zero-order valence-corrected chi connectivity index (χ0v) is 14.9. The normalized spacial score (nSPS) is 12.2. The zero-order chi connectivity index (χ0) is 17.8. The number of amides is 1. The van der Waals surface area contributed by atoms with Crippen LogP contribution in [0, 0.1) is 5.82 Å². The van der Waals surface area contributed by atoms with E-state index in [1.165, 1.54) is 23.5 Å². The average molecular weight is 362 g/mol. The van der Waals surface area contributed by atoms with Gasteiger partial charge in [0.2, 0.25) is 0 Å². The number of hydrogen-bond acceptors (Lipinski definition) is 4. The van der Waals surface area contributed by atoms with Crippen LogP contribution < -0.4 is 4.80 Å². The van der Waals surface area contributed by atoms with Crippen molar-refractivity contribution in [2.75, 3.05) is 13.2 Å². The fraction of sp³-hybridized carbons (Fsp3) is 0.353. The molecule has 0 radical (unpaired) electrons. The molecule has 0 aliphatic rings. The quantitative estimate of drug-likeness (QED) is 0.634. The maximum atomic E-state index is 13.5. The number of rotatable bonds is 6. The van der Waals surface area contributed by atoms with Gasteiger partial charge < -0.3 is 9.30 Å². The molecule has 0 spiro atoms. The molecule has 2 aromatic heterocycles. The van der Waals surface area contributed by atoms with E-state index in [2.05, 4.69) is 10.1 Å². The Morgan fingerprint density at radius 2 is 2.20 bits per heavy atom. The van der Waals surface area contributed by atoms with Gasteiger partial charge in [0.15, 0.2) is 4.80 Å². The Hall–Kier alpha value is -2.32. The Balaban J connectivity index is 2.07. The van der Waals surface area contributed by atoms with Gasteiger partial charge in [-0.1, -0.05) is 11.3 Å². The summed E-state index contributed by atoms with van der Waals surface area (Å²) in [7, 11) is 0. The number of carbonyl (C=O) groups excluding carboxylic acids is 1. The lowest BCUT2D eigenvalue weighted by molar-refractivity contribution is 0.0986. The molecule has 0 atom stereocenters. The Bertz CT molecular complexity index is 957. The van der Waals surface area contributed by atoms with Crippen LogP contribution in [0.25, 0.3) is 10.2 Å². The van der Waals surface area contributed by atoms with Crippen molar-refractivity contribution in [3.8, 4) is 0 Å². The fourth-order valence-corrected chi connectivity index (χ4v) is 3.64. The number of aryl methyl sites for hydroxylation is 1. The summed E-state index contributed by atoms with van der Waals surface area (Å²) in [6.07, 6.45) is 1.58. The molecule has 3 rings (SSSR count). The first kappa shape index (κ1) is 17.5. The van der Waals surface area contributed by atoms with E-state index in [0.717, 1.165) is 10.2 Å². The average Bonchev–Trinajstić information content (AvgIpc) is 3.19. The summed E-state index contributed by atoms with van der Waals surface area (Å²) in [6.45, 7) is 6.07. The van der Waals surface area contributed by atoms with Gasteiger partial charge in [0.25, 0.3) is 5.91 Å². The molecule has 3 aromatic rings. The molecule has 132 valence electrons. The largest absolute Gasteiger partial charge is 0.380 e. The third kappa shape index (κ3) is 3.69. The number of benzene rings is 1. The molecule has 0 N–H and O–H groups in total. The van der Waals surface area contributed by atoms with E-state index in [9.17, 15) is 9.18 Å². The maximum Gasteiger partial charge on any atom is 0.297 e. The predicted molar refractivity (Wildman–Crippen MR) is 94.1 cm³/mol. The van der Waals surface area contributed by atoms with Crippen LogP contribution in [0.2, 0.25) is 0 Å². The van der Waals surface area contributed by atoms with E-state index in [1.54, 1.807) is 23.0 Å². The van der Waals surface area contributed by atoms with Gasteiger partial charge in [-0.05, 0) is 38.1 Å². The number of ether oxygens (including phenoxy) is 1. The molecule has 0 unspecified atom stereocenters. The molecule has 2 heterocycles. The van der Waals surface area contributed by atoms with Crippen LogP contribution in [-0.2, 0) is 17.8 Å². The maximum absolute atomic E-state index is 13.5. The first-order valence-electron chi connectivity index (χ1n) is 8.11. The van der Waals surface area contributed by atoms with Crippen molar-refractivity contribution < 1.29 is 13.9 Å². The molecule has 6 nitrogen and oxygen atoms in total. The highest BCUT2D eigenvalue weighted by Crippen LogP contribution is 2.18. The fourth-order valence-electron chi connectivity index (χ4n) is 2.56. The number of nitrogens with zero attached hydrogens (tertiary/aromatic N) is 4. The Labute approximate surface area is 148 Å². The van der Waals surface area contributed by atoms with E-state index >= 15 is 0 Å². The Morgan fingerprint density at radius 1 is 1.36 bits per heavy atom. The molecular weight excluding hydrogens is 343 g/mol. The van der Waals surface area contributed by atoms with Crippen molar-refractivity contribution in [2.24, 2.45) is 4.99 Å². The number of halogens is 1. The van der Waals surface area contributed by atoms with Gasteiger partial charge in [0, 0.05) is 25.9 Å². The van der Waals surface area contributed by atoms with Crippen molar-refractivity contribution in [1.29, 1.82) is 0 Å². The van der Waals surface area contributed by atoms with E-state index < -0.39 is 0 Å². The number of fused-ring (bicyclic) bond motifs is 1. The van der Waals surface area contributed by atoms with Gasteiger partial charge in [0.05, 0.1) is 16.8 Å². The summed E-state index contributed by atoms with van der Waals surface area (Å²) in [5.41, 5.74) is 1.27. The number of thiazole rings is 1. The molecule has 0 saturated heterocycles. The Morgan fingerprint density at radius 3 is 2.96 bits per heavy atom. The van der Waals surface area contributed by atoms with E-state index in [1.807, 2.05) is 18.4 Å². The summed E-state index contributed by atoms with van der Waals surface area (Å²) in [6, 6.07) is 6.21. The van der Waals surface area contributed by atoms with Crippen LogP contribution in [0.4, 0.5) is 4.39 Å². The molecule has 0 fully saturated rings. The molecule has 0 aliphatic heterocycles. The van der Waals surface area contributed by atoms with Crippen molar-refractivity contribution in [3.05, 3.63) is 46.8 Å². The van der Waals surface area contributed by atoms with Gasteiger partial charge in [-0.25, -0.2) is 4.39 Å². The lowest BCUT2D eigenvalue weighted by atomic mass is 10.3. The van der Waals surface area contributed by atoms with Crippen LogP contribution in [0.1, 0.15) is 24.3 Å². The van der Waals surface area contributed by atoms with Gasteiger partial charge in [0.1, 0.15) is 11.5 Å². The second-order valence-electron chi connectivity index (χ2n) is 5.29. The van der Waals surface area contributed by atoms with Crippen LogP contribution in [0.5, 0.6) is 0 Å². The lowest BCUT2D eigenvalue weighted by Gasteiger charge is -2.05. The van der Waals surface area contributed by atoms with Crippen molar-refractivity contribution in [2.45, 2.75) is 26.9 Å². The second-order valence-corrected chi connectivity index (χ2v) is 6.30. The third-order valence-corrected chi connectivity index (χ3v) is 4.78. The second kappa shape index (κ2) is 7.71. The highest BCUT2D eigenvalue weighted by atomic mass is 32.1. The standard InChI is InChI=1S/C17H19FN4O2S/c1-3-22-14(7-8-19-22)16(23)20-17-21(9-10-24-4-2)13-6-5-12(18)11-15(13)25-17/h5-8,11H,3-4,9-10H2,1-2H3. The van der Waals surface area contributed by atoms with E-state index in [4.69, 9.17) is 4.74 Å². The molecule has 25 heavy (non-hydrogen) atoms. The van der Waals surface area contributed by atoms with Gasteiger partial charge in [-0.15, -0.1) is 0 Å². The summed E-state index contributed by atoms with van der Waals surface area (Å²) in [4.78, 5) is 17.3. The van der Waals surface area contributed by atoms with Crippen LogP contribution >= 0.6 is 11.3 Å². The SMILES string of the molecule is CCOCCn1c(=NC(=O)c2ccnn2CC)sc2cc(F)ccc21. The van der Waals surface area contributed by atoms with E-state index in [0.29, 0.717) is 36.8 Å². The number of hydrogen-bond donors (Lipinski definition) is 0. The van der Waals surface area contributed by atoms with Gasteiger partial charge in [-0.2, -0.15) is 10.1 Å². The molecule has 1 amide bonds. The molecule has 0 saturated carbocycles. The molecular formula is C17H19FN4O2S. The van der Waals surface area contributed by atoms with Crippen LogP contribution in [0.15, 0.2) is 35.5 Å². The highest BCUT2D eigenvalue weighted by Gasteiger charge is 2.13. The van der Waals surface area contributed by atoms with Crippen molar-refractivity contribution >= 4 is 27.5 Å². The summed E-state index contributed by atoms with van der Waals surface area (Å²) in [5.74, 6) is -0.677. The van der Waals surface area contributed by atoms with Crippen LogP contribution in [0.3, 0.4) is 0 Å². The summed E-state index contributed by atoms with van der Waals surface area (Å²) >= 11 is 1.29. The number of carbonyl (C=O) groups is 1. The first-order chi connectivity index (χ1) is 12.1. The van der Waals surface area contributed by atoms with E-state index in [-0.39, 0.29) is 11.7 Å². The number of aromatic nitrogens is 3. The van der Waals surface area contributed by atoms with Crippen molar-refractivity contribution in [3.63, 3.8) is 0 Å². The minimum Gasteiger partial charge on any atom is -0.380 e. The zero-order valence-electron chi connectivity index (χ0n) is 14.1. The Kier molecular flexibility index (Phi) is 5.40. The first-order valence-corrected chi connectivity index (χ1v) is 8.93. The monoisotopic (exact) mass is 362 g/mol. The molecule has 0 aliphatic carbocycles. The minimum absolute atomic E-state index is 0.312. The minimum atomic E-state index is -0.364. The molecule has 8 heteroatoms. The predicted octanol–water partition coefficient (Wildman–Crippen LogP) is 2.84. The molecule has 1 aromatic carbocycles. The molecule has 0 bridgehead atoms.